The largest absolute Gasteiger partial charge is 0.493 e. The van der Waals surface area contributed by atoms with Crippen LogP contribution in [0.5, 0.6) is 11.5 Å². The summed E-state index contributed by atoms with van der Waals surface area (Å²) < 4.78 is 10.5. The van der Waals surface area contributed by atoms with Gasteiger partial charge in [-0.3, -0.25) is 4.79 Å². The average Bonchev–Trinajstić information content (AvgIpc) is 2.80. The fourth-order valence-electron chi connectivity index (χ4n) is 1.91. The van der Waals surface area contributed by atoms with E-state index in [1.807, 2.05) is 19.9 Å². The first-order valence-corrected chi connectivity index (χ1v) is 7.17. The lowest BCUT2D eigenvalue weighted by Crippen LogP contribution is -2.11. The molecule has 0 bridgehead atoms. The molecule has 0 spiro atoms. The minimum absolute atomic E-state index is 0.185. The van der Waals surface area contributed by atoms with Gasteiger partial charge < -0.3 is 20.5 Å². The number of rotatable bonds is 4. The van der Waals surface area contributed by atoms with E-state index in [-0.39, 0.29) is 5.91 Å². The molecule has 1 heterocycles. The molecule has 3 N–H and O–H groups in total. The van der Waals surface area contributed by atoms with Crippen LogP contribution >= 0.6 is 11.3 Å². The van der Waals surface area contributed by atoms with Crippen LogP contribution in [-0.2, 0) is 0 Å². The maximum Gasteiger partial charge on any atom is 0.265 e. The Balaban J connectivity index is 2.28. The second-order valence-corrected chi connectivity index (χ2v) is 5.85. The average molecular weight is 306 g/mol. The van der Waals surface area contributed by atoms with Crippen molar-refractivity contribution in [2.24, 2.45) is 0 Å². The number of nitrogens with one attached hydrogen (secondary N) is 1. The Kier molecular flexibility index (Phi) is 4.37. The molecule has 0 radical (unpaired) electrons. The van der Waals surface area contributed by atoms with Crippen molar-refractivity contribution in [1.29, 1.82) is 0 Å². The van der Waals surface area contributed by atoms with Crippen LogP contribution in [0.25, 0.3) is 0 Å². The van der Waals surface area contributed by atoms with Crippen molar-refractivity contribution >= 4 is 28.6 Å². The molecule has 0 aliphatic rings. The highest BCUT2D eigenvalue weighted by molar-refractivity contribution is 7.14. The number of benzene rings is 1. The fourth-order valence-corrected chi connectivity index (χ4v) is 2.74. The van der Waals surface area contributed by atoms with Crippen LogP contribution in [0.2, 0.25) is 0 Å². The number of hydrogen-bond acceptors (Lipinski definition) is 5. The van der Waals surface area contributed by atoms with Crippen LogP contribution in [0.3, 0.4) is 0 Å². The van der Waals surface area contributed by atoms with Crippen molar-refractivity contribution in [2.45, 2.75) is 13.8 Å². The normalized spacial score (nSPS) is 10.3. The van der Waals surface area contributed by atoms with Crippen molar-refractivity contribution in [3.05, 3.63) is 33.5 Å². The summed E-state index contributed by atoms with van der Waals surface area (Å²) >= 11 is 1.37. The smallest absolute Gasteiger partial charge is 0.265 e. The second kappa shape index (κ2) is 6.05. The maximum atomic E-state index is 12.3. The van der Waals surface area contributed by atoms with E-state index in [2.05, 4.69) is 5.32 Å². The van der Waals surface area contributed by atoms with E-state index in [4.69, 9.17) is 15.2 Å². The highest BCUT2D eigenvalue weighted by atomic mass is 32.1. The maximum absolute atomic E-state index is 12.3. The predicted octanol–water partition coefficient (Wildman–Crippen LogP) is 3.22. The highest BCUT2D eigenvalue weighted by Gasteiger charge is 2.14. The number of ether oxygens (including phenoxy) is 2. The molecule has 0 aliphatic heterocycles. The van der Waals surface area contributed by atoms with Gasteiger partial charge in [0.15, 0.2) is 11.5 Å². The van der Waals surface area contributed by atoms with E-state index in [1.165, 1.54) is 11.3 Å². The van der Waals surface area contributed by atoms with Gasteiger partial charge in [-0.15, -0.1) is 11.3 Å². The van der Waals surface area contributed by atoms with Crippen molar-refractivity contribution in [3.8, 4) is 11.5 Å². The molecule has 0 unspecified atom stereocenters. The third-order valence-electron chi connectivity index (χ3n) is 3.16. The number of nitrogens with two attached hydrogens (primary N) is 1. The first-order valence-electron chi connectivity index (χ1n) is 6.36. The molecule has 21 heavy (non-hydrogen) atoms. The Labute approximate surface area is 127 Å². The van der Waals surface area contributed by atoms with E-state index < -0.39 is 0 Å². The SMILES string of the molecule is COc1cc(C)c(NC(=O)c2cc(N)c(C)s2)cc1OC. The van der Waals surface area contributed by atoms with E-state index in [9.17, 15) is 4.79 Å². The van der Waals surface area contributed by atoms with Crippen LogP contribution < -0.4 is 20.5 Å². The van der Waals surface area contributed by atoms with Gasteiger partial charge >= 0.3 is 0 Å². The van der Waals surface area contributed by atoms with E-state index in [1.54, 1.807) is 26.4 Å². The Bertz CT molecular complexity index is 660. The van der Waals surface area contributed by atoms with E-state index in [0.717, 1.165) is 10.4 Å². The molecule has 2 aromatic rings. The fraction of sp³-hybridized carbons (Fsp3) is 0.267. The van der Waals surface area contributed by atoms with E-state index >= 15 is 0 Å². The molecule has 0 aliphatic carbocycles. The predicted molar refractivity (Wildman–Crippen MR) is 85.7 cm³/mol. The summed E-state index contributed by atoms with van der Waals surface area (Å²) in [5.74, 6) is 1.01. The molecule has 0 saturated carbocycles. The van der Waals surface area contributed by atoms with Crippen molar-refractivity contribution in [3.63, 3.8) is 0 Å². The summed E-state index contributed by atoms with van der Waals surface area (Å²) in [7, 11) is 3.13. The molecule has 2 rings (SSSR count). The standard InChI is InChI=1S/C15H18N2O3S/c1-8-5-12(19-3)13(20-4)7-11(8)17-15(18)14-6-10(16)9(2)21-14/h5-7H,16H2,1-4H3,(H,17,18). The number of carbonyl (C=O) groups is 1. The number of anilines is 2. The van der Waals surface area contributed by atoms with Gasteiger partial charge in [0.2, 0.25) is 0 Å². The van der Waals surface area contributed by atoms with Gasteiger partial charge in [-0.2, -0.15) is 0 Å². The number of nitrogen functional groups attached to an aromatic ring is 1. The Hall–Kier alpha value is -2.21. The summed E-state index contributed by atoms with van der Waals surface area (Å²) in [5.41, 5.74) is 7.99. The second-order valence-electron chi connectivity index (χ2n) is 4.60. The molecule has 112 valence electrons. The third-order valence-corrected chi connectivity index (χ3v) is 4.22. The van der Waals surface area contributed by atoms with E-state index in [0.29, 0.717) is 27.8 Å². The summed E-state index contributed by atoms with van der Waals surface area (Å²) in [4.78, 5) is 13.8. The van der Waals surface area contributed by atoms with Crippen LogP contribution in [0.1, 0.15) is 20.1 Å². The molecular formula is C15H18N2O3S. The van der Waals surface area contributed by atoms with Gasteiger partial charge in [0, 0.05) is 22.3 Å². The van der Waals surface area contributed by atoms with Gasteiger partial charge in [-0.25, -0.2) is 0 Å². The summed E-state index contributed by atoms with van der Waals surface area (Å²) in [6.45, 7) is 3.78. The number of thiophene rings is 1. The van der Waals surface area contributed by atoms with Gasteiger partial charge in [-0.05, 0) is 31.5 Å². The first-order chi connectivity index (χ1) is 9.96. The van der Waals surface area contributed by atoms with Gasteiger partial charge in [0.25, 0.3) is 5.91 Å². The minimum atomic E-state index is -0.185. The lowest BCUT2D eigenvalue weighted by molar-refractivity contribution is 0.103. The van der Waals surface area contributed by atoms with Gasteiger partial charge in [0.05, 0.1) is 19.1 Å². The lowest BCUT2D eigenvalue weighted by Gasteiger charge is -2.13. The zero-order valence-corrected chi connectivity index (χ0v) is 13.3. The molecule has 5 nitrogen and oxygen atoms in total. The number of aryl methyl sites for hydroxylation is 2. The summed E-state index contributed by atoms with van der Waals surface area (Å²) in [6.07, 6.45) is 0. The topological polar surface area (TPSA) is 73.6 Å². The zero-order chi connectivity index (χ0) is 15.6. The van der Waals surface area contributed by atoms with Gasteiger partial charge in [0.1, 0.15) is 0 Å². The molecule has 1 amide bonds. The van der Waals surface area contributed by atoms with Crippen LogP contribution in [0.15, 0.2) is 18.2 Å². The molecule has 0 saturated heterocycles. The lowest BCUT2D eigenvalue weighted by atomic mass is 10.1. The number of methoxy groups -OCH3 is 2. The molecule has 1 aromatic heterocycles. The van der Waals surface area contributed by atoms with Crippen molar-refractivity contribution in [1.82, 2.24) is 0 Å². The number of carbonyl (C=O) groups excluding carboxylic acids is 1. The third kappa shape index (κ3) is 3.11. The quantitative estimate of drug-likeness (QED) is 0.909. The highest BCUT2D eigenvalue weighted by Crippen LogP contribution is 2.33. The molecule has 0 atom stereocenters. The Morgan fingerprint density at radius 3 is 2.29 bits per heavy atom. The van der Waals surface area contributed by atoms with Crippen LogP contribution in [0.4, 0.5) is 11.4 Å². The Morgan fingerprint density at radius 1 is 1.14 bits per heavy atom. The summed E-state index contributed by atoms with van der Waals surface area (Å²) in [5, 5.41) is 2.87. The van der Waals surface area contributed by atoms with Crippen molar-refractivity contribution < 1.29 is 14.3 Å². The monoisotopic (exact) mass is 306 g/mol. The van der Waals surface area contributed by atoms with Crippen molar-refractivity contribution in [2.75, 3.05) is 25.3 Å². The van der Waals surface area contributed by atoms with Gasteiger partial charge in [-0.1, -0.05) is 0 Å². The number of hydrogen-bond donors (Lipinski definition) is 2. The molecular weight excluding hydrogens is 288 g/mol. The number of amides is 1. The minimum Gasteiger partial charge on any atom is -0.493 e. The molecule has 0 fully saturated rings. The Morgan fingerprint density at radius 2 is 1.76 bits per heavy atom. The van der Waals surface area contributed by atoms with Crippen LogP contribution in [0, 0.1) is 13.8 Å². The summed E-state index contributed by atoms with van der Waals surface area (Å²) in [6, 6.07) is 5.25. The first kappa shape index (κ1) is 15.2. The zero-order valence-electron chi connectivity index (χ0n) is 12.4. The molecule has 1 aromatic carbocycles. The van der Waals surface area contributed by atoms with Crippen LogP contribution in [-0.4, -0.2) is 20.1 Å². The molecule has 6 heteroatoms.